The Morgan fingerprint density at radius 1 is 1.16 bits per heavy atom. The zero-order valence-corrected chi connectivity index (χ0v) is 15.7. The van der Waals surface area contributed by atoms with E-state index in [1.807, 2.05) is 9.80 Å². The van der Waals surface area contributed by atoms with E-state index in [9.17, 15) is 9.59 Å². The van der Waals surface area contributed by atoms with Gasteiger partial charge < -0.3 is 14.5 Å². The average molecular weight is 344 g/mol. The highest BCUT2D eigenvalue weighted by Gasteiger charge is 2.39. The van der Waals surface area contributed by atoms with Crippen LogP contribution in [0.1, 0.15) is 35.6 Å². The van der Waals surface area contributed by atoms with Gasteiger partial charge in [0, 0.05) is 26.6 Å². The van der Waals surface area contributed by atoms with Gasteiger partial charge in [0.2, 0.25) is 11.8 Å². The normalized spacial score (nSPS) is 23.4. The van der Waals surface area contributed by atoms with Gasteiger partial charge in [-0.15, -0.1) is 0 Å². The van der Waals surface area contributed by atoms with Gasteiger partial charge in [-0.1, -0.05) is 17.7 Å². The highest BCUT2D eigenvalue weighted by Crippen LogP contribution is 2.25. The molecule has 136 valence electrons. The van der Waals surface area contributed by atoms with Crippen molar-refractivity contribution in [2.24, 2.45) is 0 Å². The number of fused-ring (bicyclic) bond motifs is 1. The summed E-state index contributed by atoms with van der Waals surface area (Å²) in [5.41, 5.74) is 4.70. The van der Waals surface area contributed by atoms with Crippen molar-refractivity contribution in [3.05, 3.63) is 34.4 Å². The summed E-state index contributed by atoms with van der Waals surface area (Å²) in [6.07, 6.45) is 1.28. The maximum atomic E-state index is 12.9. The third-order valence-corrected chi connectivity index (χ3v) is 5.51. The zero-order chi connectivity index (χ0) is 18.1. The summed E-state index contributed by atoms with van der Waals surface area (Å²) >= 11 is 0. The monoisotopic (exact) mass is 344 g/mol. The van der Waals surface area contributed by atoms with Gasteiger partial charge in [-0.25, -0.2) is 0 Å². The van der Waals surface area contributed by atoms with E-state index in [1.165, 1.54) is 16.7 Å². The molecule has 1 aromatic rings. The number of carbonyl (C=O) groups excluding carboxylic acids is 2. The standard InChI is InChI=1S/C20H28N2O3/c1-13-9-14(2)17(15(3)10-13)11-20(24)21-6-5-19-18(12-21)22(16(4)23)7-8-25-19/h9-10,18-19H,5-8,11-12H2,1-4H3. The molecule has 2 fully saturated rings. The molecule has 5 nitrogen and oxygen atoms in total. The Morgan fingerprint density at radius 3 is 2.48 bits per heavy atom. The summed E-state index contributed by atoms with van der Waals surface area (Å²) in [6.45, 7) is 10.3. The van der Waals surface area contributed by atoms with Gasteiger partial charge in [0.1, 0.15) is 0 Å². The summed E-state index contributed by atoms with van der Waals surface area (Å²) in [7, 11) is 0. The van der Waals surface area contributed by atoms with E-state index in [0.29, 0.717) is 32.7 Å². The second-order valence-electron chi connectivity index (χ2n) is 7.37. The number of hydrogen-bond donors (Lipinski definition) is 0. The fraction of sp³-hybridized carbons (Fsp3) is 0.600. The molecule has 5 heteroatoms. The Labute approximate surface area is 149 Å². The third kappa shape index (κ3) is 3.71. The van der Waals surface area contributed by atoms with E-state index in [-0.39, 0.29) is 24.0 Å². The molecule has 0 bridgehead atoms. The quantitative estimate of drug-likeness (QED) is 0.825. The molecule has 3 rings (SSSR count). The maximum Gasteiger partial charge on any atom is 0.227 e. The summed E-state index contributed by atoms with van der Waals surface area (Å²) in [5, 5.41) is 0. The van der Waals surface area contributed by atoms with Crippen LogP contribution in [0.5, 0.6) is 0 Å². The van der Waals surface area contributed by atoms with Crippen LogP contribution in [0.4, 0.5) is 0 Å². The van der Waals surface area contributed by atoms with Crippen molar-refractivity contribution < 1.29 is 14.3 Å². The molecule has 1 aromatic carbocycles. The van der Waals surface area contributed by atoms with Crippen LogP contribution in [0.2, 0.25) is 0 Å². The Hall–Kier alpha value is -1.88. The summed E-state index contributed by atoms with van der Waals surface area (Å²) in [4.78, 5) is 28.6. The first-order valence-corrected chi connectivity index (χ1v) is 9.10. The number of rotatable bonds is 2. The number of carbonyl (C=O) groups is 2. The van der Waals surface area contributed by atoms with Gasteiger partial charge in [0.15, 0.2) is 0 Å². The number of hydrogen-bond acceptors (Lipinski definition) is 3. The minimum Gasteiger partial charge on any atom is -0.374 e. The Morgan fingerprint density at radius 2 is 1.84 bits per heavy atom. The van der Waals surface area contributed by atoms with E-state index in [0.717, 1.165) is 12.0 Å². The van der Waals surface area contributed by atoms with Crippen molar-refractivity contribution in [3.63, 3.8) is 0 Å². The predicted octanol–water partition coefficient (Wildman–Crippen LogP) is 2.00. The Bertz CT molecular complexity index is 663. The number of likely N-dealkylation sites (tertiary alicyclic amines) is 1. The van der Waals surface area contributed by atoms with Gasteiger partial charge in [0.05, 0.1) is 25.2 Å². The van der Waals surface area contributed by atoms with Crippen LogP contribution in [-0.4, -0.2) is 60.0 Å². The van der Waals surface area contributed by atoms with Crippen LogP contribution in [-0.2, 0) is 20.7 Å². The molecule has 2 amide bonds. The lowest BCUT2D eigenvalue weighted by molar-refractivity contribution is -0.155. The molecule has 0 aliphatic carbocycles. The van der Waals surface area contributed by atoms with Crippen LogP contribution < -0.4 is 0 Å². The molecule has 2 saturated heterocycles. The molecule has 25 heavy (non-hydrogen) atoms. The number of benzene rings is 1. The largest absolute Gasteiger partial charge is 0.374 e. The minimum atomic E-state index is -0.0100. The molecule has 0 saturated carbocycles. The number of morpholine rings is 1. The predicted molar refractivity (Wildman–Crippen MR) is 96.5 cm³/mol. The highest BCUT2D eigenvalue weighted by molar-refractivity contribution is 5.80. The van der Waals surface area contributed by atoms with Gasteiger partial charge in [-0.3, -0.25) is 9.59 Å². The second kappa shape index (κ2) is 7.16. The van der Waals surface area contributed by atoms with E-state index < -0.39 is 0 Å². The molecule has 2 aliphatic rings. The van der Waals surface area contributed by atoms with Crippen molar-refractivity contribution in [2.75, 3.05) is 26.2 Å². The Balaban J connectivity index is 1.72. The molecule has 0 N–H and O–H groups in total. The molecule has 2 heterocycles. The van der Waals surface area contributed by atoms with Gasteiger partial charge in [-0.05, 0) is 43.9 Å². The number of piperidine rings is 1. The first kappa shape index (κ1) is 17.9. The van der Waals surface area contributed by atoms with Crippen LogP contribution in [0.3, 0.4) is 0 Å². The van der Waals surface area contributed by atoms with Crippen LogP contribution >= 0.6 is 0 Å². The third-order valence-electron chi connectivity index (χ3n) is 5.51. The molecule has 0 radical (unpaired) electrons. The lowest BCUT2D eigenvalue weighted by Gasteiger charge is -2.46. The SMILES string of the molecule is CC(=O)N1CCOC2CCN(C(=O)Cc3c(C)cc(C)cc3C)CC21. The van der Waals surface area contributed by atoms with E-state index in [4.69, 9.17) is 4.74 Å². The molecule has 2 unspecified atom stereocenters. The summed E-state index contributed by atoms with van der Waals surface area (Å²) < 4.78 is 5.83. The topological polar surface area (TPSA) is 49.9 Å². The first-order chi connectivity index (χ1) is 11.9. The molecule has 0 spiro atoms. The number of ether oxygens (including phenoxy) is 1. The van der Waals surface area contributed by atoms with Crippen LogP contribution in [0, 0.1) is 20.8 Å². The lowest BCUT2D eigenvalue weighted by atomic mass is 9.95. The molecular formula is C20H28N2O3. The maximum absolute atomic E-state index is 12.9. The molecule has 2 atom stereocenters. The summed E-state index contributed by atoms with van der Waals surface area (Å²) in [6, 6.07) is 4.26. The van der Waals surface area contributed by atoms with E-state index in [2.05, 4.69) is 32.9 Å². The van der Waals surface area contributed by atoms with Crippen LogP contribution in [0.15, 0.2) is 12.1 Å². The fourth-order valence-electron chi connectivity index (χ4n) is 4.24. The summed E-state index contributed by atoms with van der Waals surface area (Å²) in [5.74, 6) is 0.209. The van der Waals surface area contributed by atoms with Crippen molar-refractivity contribution in [1.82, 2.24) is 9.80 Å². The smallest absolute Gasteiger partial charge is 0.227 e. The average Bonchev–Trinajstić information content (AvgIpc) is 2.56. The van der Waals surface area contributed by atoms with Crippen molar-refractivity contribution in [3.8, 4) is 0 Å². The van der Waals surface area contributed by atoms with Gasteiger partial charge in [-0.2, -0.15) is 0 Å². The van der Waals surface area contributed by atoms with E-state index in [1.54, 1.807) is 6.92 Å². The minimum absolute atomic E-state index is 0.0100. The van der Waals surface area contributed by atoms with Crippen molar-refractivity contribution in [1.29, 1.82) is 0 Å². The number of nitrogens with zero attached hydrogens (tertiary/aromatic N) is 2. The zero-order valence-electron chi connectivity index (χ0n) is 15.7. The fourth-order valence-corrected chi connectivity index (χ4v) is 4.24. The van der Waals surface area contributed by atoms with Gasteiger partial charge in [0.25, 0.3) is 0 Å². The molecular weight excluding hydrogens is 316 g/mol. The molecule has 0 aromatic heterocycles. The lowest BCUT2D eigenvalue weighted by Crippen LogP contribution is -2.61. The number of aryl methyl sites for hydroxylation is 3. The molecule has 2 aliphatic heterocycles. The number of amides is 2. The van der Waals surface area contributed by atoms with E-state index >= 15 is 0 Å². The first-order valence-electron chi connectivity index (χ1n) is 9.10. The van der Waals surface area contributed by atoms with Crippen molar-refractivity contribution in [2.45, 2.75) is 52.7 Å². The highest BCUT2D eigenvalue weighted by atomic mass is 16.5. The Kier molecular flexibility index (Phi) is 5.13. The van der Waals surface area contributed by atoms with Crippen LogP contribution in [0.25, 0.3) is 0 Å². The van der Waals surface area contributed by atoms with Gasteiger partial charge >= 0.3 is 0 Å². The second-order valence-corrected chi connectivity index (χ2v) is 7.37. The van der Waals surface area contributed by atoms with Crippen molar-refractivity contribution >= 4 is 11.8 Å².